The van der Waals surface area contributed by atoms with Crippen LogP contribution < -0.4 is 4.90 Å². The number of carbonyl (C=O) groups excluding carboxylic acids is 1. The van der Waals surface area contributed by atoms with Gasteiger partial charge in [0.25, 0.3) is 0 Å². The van der Waals surface area contributed by atoms with Gasteiger partial charge in [0.05, 0.1) is 13.2 Å². The summed E-state index contributed by atoms with van der Waals surface area (Å²) in [7, 11) is 1.67. The van der Waals surface area contributed by atoms with Crippen molar-refractivity contribution in [3.05, 3.63) is 29.8 Å². The highest BCUT2D eigenvalue weighted by Gasteiger charge is 2.21. The molecule has 4 heteroatoms. The monoisotopic (exact) mass is 263 g/mol. The maximum absolute atomic E-state index is 11.8. The summed E-state index contributed by atoms with van der Waals surface area (Å²) in [5.74, 6) is 0.253. The molecule has 104 valence electrons. The second-order valence-electron chi connectivity index (χ2n) is 4.64. The zero-order chi connectivity index (χ0) is 13.5. The Labute approximate surface area is 114 Å². The maximum atomic E-state index is 11.8. The molecule has 1 aromatic carbocycles. The van der Waals surface area contributed by atoms with Gasteiger partial charge in [0.15, 0.2) is 5.78 Å². The van der Waals surface area contributed by atoms with E-state index < -0.39 is 0 Å². The van der Waals surface area contributed by atoms with E-state index in [9.17, 15) is 4.79 Å². The number of nitrogens with zero attached hydrogens (tertiary/aromatic N) is 1. The lowest BCUT2D eigenvalue weighted by Crippen LogP contribution is -2.33. The number of hydrogen-bond donors (Lipinski definition) is 0. The molecule has 0 saturated carbocycles. The van der Waals surface area contributed by atoms with Crippen molar-refractivity contribution in [1.82, 2.24) is 0 Å². The second-order valence-corrected chi connectivity index (χ2v) is 4.64. The van der Waals surface area contributed by atoms with Gasteiger partial charge in [-0.05, 0) is 18.6 Å². The highest BCUT2D eigenvalue weighted by atomic mass is 16.5. The predicted octanol–water partition coefficient (Wildman–Crippen LogP) is 2.13. The molecule has 0 saturated heterocycles. The zero-order valence-electron chi connectivity index (χ0n) is 11.4. The Kier molecular flexibility index (Phi) is 5.36. The van der Waals surface area contributed by atoms with Crippen LogP contribution in [-0.2, 0) is 9.47 Å². The van der Waals surface area contributed by atoms with E-state index in [1.807, 2.05) is 24.3 Å². The van der Waals surface area contributed by atoms with Gasteiger partial charge in [-0.2, -0.15) is 0 Å². The first-order valence-electron chi connectivity index (χ1n) is 6.77. The molecule has 0 atom stereocenters. The van der Waals surface area contributed by atoms with E-state index in [0.717, 1.165) is 37.4 Å². The molecule has 2 rings (SSSR count). The minimum absolute atomic E-state index is 0.253. The lowest BCUT2D eigenvalue weighted by Gasteiger charge is -2.30. The smallest absolute Gasteiger partial charge is 0.166 e. The Morgan fingerprint density at radius 3 is 2.89 bits per heavy atom. The highest BCUT2D eigenvalue weighted by Crippen LogP contribution is 2.26. The van der Waals surface area contributed by atoms with Crippen LogP contribution in [0.1, 0.15) is 23.2 Å². The number of hydrogen-bond acceptors (Lipinski definition) is 4. The summed E-state index contributed by atoms with van der Waals surface area (Å²) in [6, 6.07) is 7.85. The van der Waals surface area contributed by atoms with Gasteiger partial charge in [-0.25, -0.2) is 0 Å². The molecule has 0 radical (unpaired) electrons. The molecular formula is C15H21NO3. The van der Waals surface area contributed by atoms with Gasteiger partial charge in [-0.1, -0.05) is 12.1 Å². The van der Waals surface area contributed by atoms with Crippen LogP contribution in [0.4, 0.5) is 5.69 Å². The molecule has 1 aliphatic heterocycles. The number of ketones is 1. The zero-order valence-corrected chi connectivity index (χ0v) is 11.4. The molecule has 4 nitrogen and oxygen atoms in total. The van der Waals surface area contributed by atoms with Crippen molar-refractivity contribution in [1.29, 1.82) is 0 Å². The predicted molar refractivity (Wildman–Crippen MR) is 74.9 cm³/mol. The van der Waals surface area contributed by atoms with Gasteiger partial charge in [-0.15, -0.1) is 0 Å². The van der Waals surface area contributed by atoms with Gasteiger partial charge >= 0.3 is 0 Å². The molecule has 0 fully saturated rings. The number of methoxy groups -OCH3 is 1. The Morgan fingerprint density at radius 1 is 1.21 bits per heavy atom. The van der Waals surface area contributed by atoms with Gasteiger partial charge in [0.1, 0.15) is 0 Å². The van der Waals surface area contributed by atoms with Crippen molar-refractivity contribution in [3.63, 3.8) is 0 Å². The molecule has 0 amide bonds. The first-order chi connectivity index (χ1) is 9.33. The Balaban J connectivity index is 1.82. The van der Waals surface area contributed by atoms with Crippen molar-refractivity contribution in [2.75, 3.05) is 44.9 Å². The minimum Gasteiger partial charge on any atom is -0.382 e. The normalized spacial score (nSPS) is 14.6. The molecule has 0 spiro atoms. The third kappa shape index (κ3) is 3.78. The lowest BCUT2D eigenvalue weighted by atomic mass is 10.0. The minimum atomic E-state index is 0.253. The van der Waals surface area contributed by atoms with Gasteiger partial charge in [0.2, 0.25) is 0 Å². The number of ether oxygens (including phenoxy) is 2. The van der Waals surface area contributed by atoms with Gasteiger partial charge in [-0.3, -0.25) is 4.79 Å². The lowest BCUT2D eigenvalue weighted by molar-refractivity contribution is 0.0700. The Morgan fingerprint density at radius 2 is 2.05 bits per heavy atom. The van der Waals surface area contributed by atoms with Gasteiger partial charge in [0, 0.05) is 44.5 Å². The van der Waals surface area contributed by atoms with Crippen LogP contribution >= 0.6 is 0 Å². The Bertz CT molecular complexity index is 420. The molecule has 1 aliphatic rings. The summed E-state index contributed by atoms with van der Waals surface area (Å²) in [5.41, 5.74) is 1.92. The SMILES string of the molecule is COCCOCCCN1CCC(=O)c2ccccc21. The number of carbonyl (C=O) groups is 1. The van der Waals surface area contributed by atoms with Crippen molar-refractivity contribution in [2.24, 2.45) is 0 Å². The van der Waals surface area contributed by atoms with Crippen molar-refractivity contribution in [2.45, 2.75) is 12.8 Å². The maximum Gasteiger partial charge on any atom is 0.166 e. The summed E-state index contributed by atoms with van der Waals surface area (Å²) in [4.78, 5) is 14.1. The van der Waals surface area contributed by atoms with Crippen LogP contribution in [0.15, 0.2) is 24.3 Å². The quantitative estimate of drug-likeness (QED) is 0.706. The molecule has 0 bridgehead atoms. The molecule has 0 N–H and O–H groups in total. The van der Waals surface area contributed by atoms with E-state index in [2.05, 4.69) is 4.90 Å². The van der Waals surface area contributed by atoms with E-state index in [0.29, 0.717) is 19.6 Å². The van der Waals surface area contributed by atoms with Crippen LogP contribution in [0, 0.1) is 0 Å². The summed E-state index contributed by atoms with van der Waals surface area (Å²) in [5, 5.41) is 0. The van der Waals surface area contributed by atoms with E-state index in [4.69, 9.17) is 9.47 Å². The highest BCUT2D eigenvalue weighted by molar-refractivity contribution is 6.03. The fourth-order valence-electron chi connectivity index (χ4n) is 2.31. The van der Waals surface area contributed by atoms with Crippen molar-refractivity contribution < 1.29 is 14.3 Å². The molecular weight excluding hydrogens is 242 g/mol. The number of anilines is 1. The topological polar surface area (TPSA) is 38.8 Å². The first kappa shape index (κ1) is 14.0. The van der Waals surface area contributed by atoms with E-state index >= 15 is 0 Å². The van der Waals surface area contributed by atoms with Crippen molar-refractivity contribution in [3.8, 4) is 0 Å². The van der Waals surface area contributed by atoms with Crippen molar-refractivity contribution >= 4 is 11.5 Å². The molecule has 0 aromatic heterocycles. The van der Waals surface area contributed by atoms with E-state index in [1.165, 1.54) is 0 Å². The molecule has 0 aliphatic carbocycles. The molecule has 1 heterocycles. The number of Topliss-reactive ketones (excluding diaryl/α,β-unsaturated/α-hetero) is 1. The Hall–Kier alpha value is -1.39. The summed E-state index contributed by atoms with van der Waals surface area (Å²) in [6.45, 7) is 3.76. The number of rotatable bonds is 7. The summed E-state index contributed by atoms with van der Waals surface area (Å²) < 4.78 is 10.4. The molecule has 19 heavy (non-hydrogen) atoms. The standard InChI is InChI=1S/C15H21NO3/c1-18-11-12-19-10-4-8-16-9-7-15(17)13-5-2-3-6-14(13)16/h2-3,5-6H,4,7-12H2,1H3. The fourth-order valence-corrected chi connectivity index (χ4v) is 2.31. The molecule has 0 unspecified atom stereocenters. The number of para-hydroxylation sites is 1. The van der Waals surface area contributed by atoms with Crippen LogP contribution in [0.5, 0.6) is 0 Å². The summed E-state index contributed by atoms with van der Waals surface area (Å²) >= 11 is 0. The van der Waals surface area contributed by atoms with Crippen LogP contribution in [0.25, 0.3) is 0 Å². The molecule has 1 aromatic rings. The van der Waals surface area contributed by atoms with Crippen LogP contribution in [-0.4, -0.2) is 45.8 Å². The largest absolute Gasteiger partial charge is 0.382 e. The third-order valence-electron chi connectivity index (χ3n) is 3.30. The third-order valence-corrected chi connectivity index (χ3v) is 3.30. The average Bonchev–Trinajstić information content (AvgIpc) is 2.45. The number of benzene rings is 1. The number of fused-ring (bicyclic) bond motifs is 1. The first-order valence-corrected chi connectivity index (χ1v) is 6.77. The average molecular weight is 263 g/mol. The fraction of sp³-hybridized carbons (Fsp3) is 0.533. The van der Waals surface area contributed by atoms with E-state index in [-0.39, 0.29) is 5.78 Å². The van der Waals surface area contributed by atoms with Gasteiger partial charge < -0.3 is 14.4 Å². The van der Waals surface area contributed by atoms with E-state index in [1.54, 1.807) is 7.11 Å². The summed E-state index contributed by atoms with van der Waals surface area (Å²) in [6.07, 6.45) is 1.58. The van der Waals surface area contributed by atoms with Crippen LogP contribution in [0.2, 0.25) is 0 Å². The van der Waals surface area contributed by atoms with Crippen LogP contribution in [0.3, 0.4) is 0 Å². The second kappa shape index (κ2) is 7.26.